The maximum atomic E-state index is 12.6. The van der Waals surface area contributed by atoms with E-state index in [1.807, 2.05) is 27.1 Å². The molecule has 3 rings (SSSR count). The van der Waals surface area contributed by atoms with E-state index in [-0.39, 0.29) is 24.0 Å². The number of nitrogens with one attached hydrogen (secondary N) is 2. The number of H-pyrrole nitrogens is 1. The Hall–Kier alpha value is -2.15. The molecule has 1 fully saturated rings. The van der Waals surface area contributed by atoms with Crippen molar-refractivity contribution in [2.45, 2.75) is 45.3 Å². The Morgan fingerprint density at radius 2 is 2.30 bits per heavy atom. The van der Waals surface area contributed by atoms with Gasteiger partial charge in [-0.1, -0.05) is 6.92 Å². The van der Waals surface area contributed by atoms with Crippen LogP contribution in [0.15, 0.2) is 12.4 Å². The number of aryl methyl sites for hydroxylation is 2. The van der Waals surface area contributed by atoms with Crippen molar-refractivity contribution in [3.63, 3.8) is 0 Å². The number of aromatic amines is 1. The van der Waals surface area contributed by atoms with Gasteiger partial charge in [-0.05, 0) is 32.1 Å². The van der Waals surface area contributed by atoms with Gasteiger partial charge in [0.15, 0.2) is 5.69 Å². The van der Waals surface area contributed by atoms with Crippen LogP contribution in [0.5, 0.6) is 0 Å². The largest absolute Gasteiger partial charge is 0.393 e. The van der Waals surface area contributed by atoms with E-state index >= 15 is 0 Å². The number of hydrogen-bond donors (Lipinski definition) is 3. The summed E-state index contributed by atoms with van der Waals surface area (Å²) in [4.78, 5) is 12.6. The van der Waals surface area contributed by atoms with Crippen molar-refractivity contribution in [2.75, 3.05) is 0 Å². The lowest BCUT2D eigenvalue weighted by Gasteiger charge is -2.37. The van der Waals surface area contributed by atoms with Crippen molar-refractivity contribution in [3.8, 4) is 0 Å². The van der Waals surface area contributed by atoms with Gasteiger partial charge >= 0.3 is 0 Å². The zero-order valence-corrected chi connectivity index (χ0v) is 13.7. The second-order valence-corrected chi connectivity index (χ2v) is 6.31. The highest BCUT2D eigenvalue weighted by Gasteiger charge is 2.36. The SMILES string of the molecule is CCc1[nH]nc(C(=O)N[C@H](c2cnn(C)c2)C2CC(O)C2)c1C. The minimum absolute atomic E-state index is 0.152. The number of amides is 1. The molecule has 1 aliphatic carbocycles. The number of rotatable bonds is 5. The molecule has 23 heavy (non-hydrogen) atoms. The third kappa shape index (κ3) is 3.01. The Kier molecular flexibility index (Phi) is 4.21. The van der Waals surface area contributed by atoms with Gasteiger partial charge in [0, 0.05) is 30.1 Å². The van der Waals surface area contributed by atoms with E-state index in [1.54, 1.807) is 10.9 Å². The summed E-state index contributed by atoms with van der Waals surface area (Å²) in [5.74, 6) is 0.0386. The lowest BCUT2D eigenvalue weighted by atomic mass is 9.75. The molecule has 0 aromatic carbocycles. The lowest BCUT2D eigenvalue weighted by Crippen LogP contribution is -2.41. The quantitative estimate of drug-likeness (QED) is 0.773. The second-order valence-electron chi connectivity index (χ2n) is 6.31. The Morgan fingerprint density at radius 3 is 2.83 bits per heavy atom. The monoisotopic (exact) mass is 317 g/mol. The fourth-order valence-corrected chi connectivity index (χ4v) is 3.19. The molecule has 0 bridgehead atoms. The van der Waals surface area contributed by atoms with E-state index in [1.165, 1.54) is 0 Å². The summed E-state index contributed by atoms with van der Waals surface area (Å²) in [5.41, 5.74) is 3.27. The van der Waals surface area contributed by atoms with Crippen LogP contribution in [-0.4, -0.2) is 37.1 Å². The van der Waals surface area contributed by atoms with Crippen molar-refractivity contribution in [2.24, 2.45) is 13.0 Å². The van der Waals surface area contributed by atoms with Crippen molar-refractivity contribution in [1.82, 2.24) is 25.3 Å². The number of carbonyl (C=O) groups is 1. The van der Waals surface area contributed by atoms with Crippen molar-refractivity contribution >= 4 is 5.91 Å². The number of hydrogen-bond acceptors (Lipinski definition) is 4. The predicted molar refractivity (Wildman–Crippen MR) is 84.8 cm³/mol. The van der Waals surface area contributed by atoms with E-state index in [2.05, 4.69) is 20.6 Å². The van der Waals surface area contributed by atoms with E-state index in [4.69, 9.17) is 0 Å². The first kappa shape index (κ1) is 15.7. The van der Waals surface area contributed by atoms with E-state index < -0.39 is 0 Å². The highest BCUT2D eigenvalue weighted by Crippen LogP contribution is 2.38. The van der Waals surface area contributed by atoms with Crippen LogP contribution in [0, 0.1) is 12.8 Å². The minimum atomic E-state index is -0.269. The molecule has 3 N–H and O–H groups in total. The maximum absolute atomic E-state index is 12.6. The summed E-state index contributed by atoms with van der Waals surface area (Å²) in [7, 11) is 1.85. The first-order chi connectivity index (χ1) is 11.0. The Morgan fingerprint density at radius 1 is 1.57 bits per heavy atom. The molecule has 2 aromatic heterocycles. The number of nitrogens with zero attached hydrogens (tertiary/aromatic N) is 3. The number of aliphatic hydroxyl groups is 1. The topological polar surface area (TPSA) is 95.8 Å². The standard InChI is InChI=1S/C16H23N5O2/c1-4-13-9(2)14(20-19-13)16(23)18-15(10-5-12(22)6-10)11-7-17-21(3)8-11/h7-8,10,12,15,22H,4-6H2,1-3H3,(H,18,23)(H,19,20)/t10?,12?,15-/m0/s1. The zero-order valence-electron chi connectivity index (χ0n) is 13.7. The summed E-state index contributed by atoms with van der Waals surface area (Å²) in [5, 5.41) is 23.9. The maximum Gasteiger partial charge on any atom is 0.272 e. The van der Waals surface area contributed by atoms with Crippen molar-refractivity contribution < 1.29 is 9.90 Å². The number of carbonyl (C=O) groups excluding carboxylic acids is 1. The molecule has 1 aliphatic rings. The minimum Gasteiger partial charge on any atom is -0.393 e. The van der Waals surface area contributed by atoms with Crippen LogP contribution >= 0.6 is 0 Å². The fraction of sp³-hybridized carbons (Fsp3) is 0.562. The van der Waals surface area contributed by atoms with Crippen LogP contribution in [0.2, 0.25) is 0 Å². The van der Waals surface area contributed by atoms with E-state index in [0.29, 0.717) is 18.5 Å². The molecule has 7 nitrogen and oxygen atoms in total. The van der Waals surface area contributed by atoms with Gasteiger partial charge < -0.3 is 10.4 Å². The number of aliphatic hydroxyl groups excluding tert-OH is 1. The van der Waals surface area contributed by atoms with Gasteiger partial charge in [-0.15, -0.1) is 0 Å². The first-order valence-corrected chi connectivity index (χ1v) is 8.00. The fourth-order valence-electron chi connectivity index (χ4n) is 3.19. The van der Waals surface area contributed by atoms with Gasteiger partial charge in [0.1, 0.15) is 0 Å². The second kappa shape index (κ2) is 6.16. The van der Waals surface area contributed by atoms with Crippen LogP contribution in [0.3, 0.4) is 0 Å². The van der Waals surface area contributed by atoms with E-state index in [9.17, 15) is 9.90 Å². The van der Waals surface area contributed by atoms with Crippen LogP contribution < -0.4 is 5.32 Å². The molecule has 0 radical (unpaired) electrons. The molecule has 0 saturated heterocycles. The van der Waals surface area contributed by atoms with Crippen LogP contribution in [-0.2, 0) is 13.5 Å². The normalized spacial score (nSPS) is 21.7. The van der Waals surface area contributed by atoms with Gasteiger partial charge in [0.2, 0.25) is 0 Å². The Bertz CT molecular complexity index is 699. The average molecular weight is 317 g/mol. The summed E-state index contributed by atoms with van der Waals surface area (Å²) < 4.78 is 1.72. The molecule has 2 aromatic rings. The van der Waals surface area contributed by atoms with Gasteiger partial charge in [0.05, 0.1) is 18.3 Å². The van der Waals surface area contributed by atoms with Gasteiger partial charge in [-0.25, -0.2) is 0 Å². The summed E-state index contributed by atoms with van der Waals surface area (Å²) in [6.07, 6.45) is 5.61. The van der Waals surface area contributed by atoms with Crippen LogP contribution in [0.1, 0.15) is 53.1 Å². The third-order valence-corrected chi connectivity index (χ3v) is 4.67. The summed E-state index contributed by atoms with van der Waals surface area (Å²) in [6.45, 7) is 3.93. The zero-order chi connectivity index (χ0) is 16.6. The first-order valence-electron chi connectivity index (χ1n) is 8.00. The van der Waals surface area contributed by atoms with Crippen LogP contribution in [0.4, 0.5) is 0 Å². The third-order valence-electron chi connectivity index (χ3n) is 4.67. The average Bonchev–Trinajstić information content (AvgIpc) is 3.07. The van der Waals surface area contributed by atoms with Gasteiger partial charge in [-0.3, -0.25) is 14.6 Å². The lowest BCUT2D eigenvalue weighted by molar-refractivity contribution is 0.0234. The van der Waals surface area contributed by atoms with Crippen molar-refractivity contribution in [3.05, 3.63) is 34.9 Å². The molecule has 1 saturated carbocycles. The van der Waals surface area contributed by atoms with Gasteiger partial charge in [-0.2, -0.15) is 10.2 Å². The summed E-state index contributed by atoms with van der Waals surface area (Å²) in [6, 6.07) is -0.152. The summed E-state index contributed by atoms with van der Waals surface area (Å²) >= 11 is 0. The smallest absolute Gasteiger partial charge is 0.272 e. The molecule has 2 heterocycles. The molecule has 7 heteroatoms. The van der Waals surface area contributed by atoms with E-state index in [0.717, 1.165) is 23.2 Å². The molecular formula is C16H23N5O2. The van der Waals surface area contributed by atoms with Crippen molar-refractivity contribution in [1.29, 1.82) is 0 Å². The predicted octanol–water partition coefficient (Wildman–Crippen LogP) is 1.26. The molecule has 0 spiro atoms. The van der Waals surface area contributed by atoms with Gasteiger partial charge in [0.25, 0.3) is 5.91 Å². The highest BCUT2D eigenvalue weighted by atomic mass is 16.3. The molecule has 0 unspecified atom stereocenters. The molecule has 124 valence electrons. The molecular weight excluding hydrogens is 294 g/mol. The Labute approximate surface area is 135 Å². The van der Waals surface area contributed by atoms with Crippen LogP contribution in [0.25, 0.3) is 0 Å². The highest BCUT2D eigenvalue weighted by molar-refractivity contribution is 5.94. The molecule has 0 aliphatic heterocycles. The Balaban J connectivity index is 1.80. The molecule has 1 atom stereocenters. The number of aromatic nitrogens is 4. The molecule has 1 amide bonds.